The first-order valence-electron chi connectivity index (χ1n) is 10.2. The number of carbonyl (C=O) groups excluding carboxylic acids is 1. The molecular formula is C20H28BrN3O5. The Labute approximate surface area is 178 Å². The average Bonchev–Trinajstić information content (AvgIpc) is 3.23. The highest BCUT2D eigenvalue weighted by atomic mass is 79.9. The molecule has 4 rings (SSSR count). The van der Waals surface area contributed by atoms with Crippen LogP contribution in [0.4, 0.5) is 5.69 Å². The predicted octanol–water partition coefficient (Wildman–Crippen LogP) is 1.39. The first-order chi connectivity index (χ1) is 14.0. The van der Waals surface area contributed by atoms with Gasteiger partial charge in [-0.05, 0) is 47.8 Å². The number of β-amino-alcohol motifs (C(OH)–C–C–N with tert-alkyl or cyclic N) is 1. The van der Waals surface area contributed by atoms with Gasteiger partial charge in [-0.25, -0.2) is 0 Å². The van der Waals surface area contributed by atoms with E-state index in [1.807, 2.05) is 0 Å². The lowest BCUT2D eigenvalue weighted by molar-refractivity contribution is -0.00192. The third-order valence-corrected chi connectivity index (χ3v) is 6.66. The van der Waals surface area contributed by atoms with E-state index in [2.05, 4.69) is 26.1 Å². The SMILES string of the molecule is Nc1cc(C(=O)NC[C@@H]2CCN(CC3CCCO3)C[C@H]2O)c2c(c1Br)OCCO2. The zero-order valence-electron chi connectivity index (χ0n) is 16.4. The number of hydrogen-bond donors (Lipinski definition) is 3. The van der Waals surface area contributed by atoms with E-state index in [1.54, 1.807) is 6.07 Å². The number of amides is 1. The molecule has 3 aliphatic heterocycles. The molecule has 3 aliphatic rings. The topological polar surface area (TPSA) is 106 Å². The molecule has 0 bridgehead atoms. The van der Waals surface area contributed by atoms with E-state index in [9.17, 15) is 9.90 Å². The summed E-state index contributed by atoms with van der Waals surface area (Å²) in [6.07, 6.45) is 2.85. The van der Waals surface area contributed by atoms with E-state index in [0.29, 0.717) is 53.5 Å². The normalized spacial score (nSPS) is 27.0. The molecule has 2 saturated heterocycles. The van der Waals surface area contributed by atoms with Gasteiger partial charge in [-0.3, -0.25) is 9.69 Å². The molecule has 2 fully saturated rings. The van der Waals surface area contributed by atoms with Crippen molar-refractivity contribution in [1.82, 2.24) is 10.2 Å². The number of likely N-dealkylation sites (tertiary alicyclic amines) is 1. The van der Waals surface area contributed by atoms with Crippen LogP contribution in [0.3, 0.4) is 0 Å². The highest BCUT2D eigenvalue weighted by Gasteiger charge is 2.31. The summed E-state index contributed by atoms with van der Waals surface area (Å²) in [6.45, 7) is 4.41. The molecule has 160 valence electrons. The van der Waals surface area contributed by atoms with Crippen molar-refractivity contribution in [3.05, 3.63) is 16.1 Å². The Bertz CT molecular complexity index is 756. The molecule has 1 unspecified atom stereocenters. The summed E-state index contributed by atoms with van der Waals surface area (Å²) in [7, 11) is 0. The van der Waals surface area contributed by atoms with Gasteiger partial charge in [-0.1, -0.05) is 0 Å². The minimum absolute atomic E-state index is 0.0143. The summed E-state index contributed by atoms with van der Waals surface area (Å²) in [5.74, 6) is 0.603. The van der Waals surface area contributed by atoms with E-state index >= 15 is 0 Å². The Balaban J connectivity index is 1.34. The molecule has 3 heterocycles. The van der Waals surface area contributed by atoms with Crippen LogP contribution in [-0.4, -0.2) is 74.1 Å². The second-order valence-electron chi connectivity index (χ2n) is 7.90. The predicted molar refractivity (Wildman–Crippen MR) is 111 cm³/mol. The zero-order valence-corrected chi connectivity index (χ0v) is 17.9. The van der Waals surface area contributed by atoms with Crippen molar-refractivity contribution in [1.29, 1.82) is 0 Å². The number of aliphatic hydroxyl groups excluding tert-OH is 1. The Hall–Kier alpha value is -1.55. The number of nitrogens with two attached hydrogens (primary N) is 1. The minimum Gasteiger partial charge on any atom is -0.485 e. The summed E-state index contributed by atoms with van der Waals surface area (Å²) >= 11 is 3.39. The van der Waals surface area contributed by atoms with Gasteiger partial charge >= 0.3 is 0 Å². The second kappa shape index (κ2) is 9.07. The third kappa shape index (κ3) is 4.63. The fourth-order valence-corrected chi connectivity index (χ4v) is 4.62. The molecule has 3 atom stereocenters. The molecule has 8 nitrogen and oxygen atoms in total. The number of nitrogens with zero attached hydrogens (tertiary/aromatic N) is 1. The van der Waals surface area contributed by atoms with Crippen molar-refractivity contribution in [3.8, 4) is 11.5 Å². The summed E-state index contributed by atoms with van der Waals surface area (Å²) < 4.78 is 17.6. The van der Waals surface area contributed by atoms with E-state index < -0.39 is 6.10 Å². The van der Waals surface area contributed by atoms with Crippen LogP contribution in [0.1, 0.15) is 29.6 Å². The van der Waals surface area contributed by atoms with Crippen molar-refractivity contribution in [2.45, 2.75) is 31.5 Å². The van der Waals surface area contributed by atoms with E-state index in [4.69, 9.17) is 19.9 Å². The van der Waals surface area contributed by atoms with Gasteiger partial charge in [-0.15, -0.1) is 0 Å². The lowest BCUT2D eigenvalue weighted by atomic mass is 9.93. The number of anilines is 1. The Morgan fingerprint density at radius 1 is 1.28 bits per heavy atom. The van der Waals surface area contributed by atoms with E-state index in [1.165, 1.54) is 0 Å². The highest BCUT2D eigenvalue weighted by molar-refractivity contribution is 9.10. The Morgan fingerprint density at radius 3 is 2.79 bits per heavy atom. The molecule has 0 radical (unpaired) electrons. The van der Waals surface area contributed by atoms with Crippen LogP contribution in [0.25, 0.3) is 0 Å². The number of aliphatic hydroxyl groups is 1. The van der Waals surface area contributed by atoms with Crippen LogP contribution < -0.4 is 20.5 Å². The number of piperidine rings is 1. The maximum Gasteiger partial charge on any atom is 0.255 e. The number of nitrogens with one attached hydrogen (secondary N) is 1. The standard InChI is InChI=1S/C20H28BrN3O5/c21-17-15(22)8-14(18-19(17)29-7-6-28-18)20(26)23-9-12-3-4-24(11-16(12)25)10-13-2-1-5-27-13/h8,12-13,16,25H,1-7,9-11,22H2,(H,23,26)/t12-,13?,16+/m0/s1. The first kappa shape index (κ1) is 20.7. The molecule has 0 aliphatic carbocycles. The summed E-state index contributed by atoms with van der Waals surface area (Å²) in [5.41, 5.74) is 6.78. The number of benzene rings is 1. The van der Waals surface area contributed by atoms with Crippen LogP contribution in [0.2, 0.25) is 0 Å². The fourth-order valence-electron chi connectivity index (χ4n) is 4.21. The molecule has 29 heavy (non-hydrogen) atoms. The van der Waals surface area contributed by atoms with Crippen molar-refractivity contribution in [2.24, 2.45) is 5.92 Å². The molecule has 0 spiro atoms. The van der Waals surface area contributed by atoms with Crippen LogP contribution >= 0.6 is 15.9 Å². The monoisotopic (exact) mass is 469 g/mol. The molecule has 1 aromatic rings. The maximum absolute atomic E-state index is 12.8. The number of rotatable bonds is 5. The van der Waals surface area contributed by atoms with Crippen LogP contribution in [0, 0.1) is 5.92 Å². The number of carbonyl (C=O) groups is 1. The number of fused-ring (bicyclic) bond motifs is 1. The molecule has 1 amide bonds. The van der Waals surface area contributed by atoms with Crippen molar-refractivity contribution in [3.63, 3.8) is 0 Å². The number of halogens is 1. The van der Waals surface area contributed by atoms with Gasteiger partial charge in [0.05, 0.1) is 27.9 Å². The van der Waals surface area contributed by atoms with Gasteiger partial charge in [0, 0.05) is 32.2 Å². The molecule has 0 saturated carbocycles. The summed E-state index contributed by atoms with van der Waals surface area (Å²) in [6, 6.07) is 1.59. The molecular weight excluding hydrogens is 442 g/mol. The smallest absolute Gasteiger partial charge is 0.255 e. The van der Waals surface area contributed by atoms with Gasteiger partial charge in [-0.2, -0.15) is 0 Å². The number of nitrogen functional groups attached to an aromatic ring is 1. The highest BCUT2D eigenvalue weighted by Crippen LogP contribution is 2.43. The van der Waals surface area contributed by atoms with Crippen LogP contribution in [0.5, 0.6) is 11.5 Å². The quantitative estimate of drug-likeness (QED) is 0.559. The largest absolute Gasteiger partial charge is 0.485 e. The first-order valence-corrected chi connectivity index (χ1v) is 11.0. The van der Waals surface area contributed by atoms with Gasteiger partial charge in [0.1, 0.15) is 13.2 Å². The fraction of sp³-hybridized carbons (Fsp3) is 0.650. The maximum atomic E-state index is 12.8. The van der Waals surface area contributed by atoms with E-state index in [0.717, 1.165) is 39.0 Å². The summed E-state index contributed by atoms with van der Waals surface area (Å²) in [4.78, 5) is 15.1. The summed E-state index contributed by atoms with van der Waals surface area (Å²) in [5, 5.41) is 13.5. The molecule has 1 aromatic carbocycles. The molecule has 0 aromatic heterocycles. The van der Waals surface area contributed by atoms with Crippen LogP contribution in [-0.2, 0) is 4.74 Å². The third-order valence-electron chi connectivity index (χ3n) is 5.84. The van der Waals surface area contributed by atoms with Gasteiger partial charge in [0.25, 0.3) is 5.91 Å². The van der Waals surface area contributed by atoms with E-state index in [-0.39, 0.29) is 17.9 Å². The lowest BCUT2D eigenvalue weighted by Gasteiger charge is -2.37. The molecule has 4 N–H and O–H groups in total. The van der Waals surface area contributed by atoms with Gasteiger partial charge in [0.2, 0.25) is 0 Å². The Kier molecular flexibility index (Phi) is 6.48. The van der Waals surface area contributed by atoms with Gasteiger partial charge in [0.15, 0.2) is 11.5 Å². The second-order valence-corrected chi connectivity index (χ2v) is 8.70. The minimum atomic E-state index is -0.478. The van der Waals surface area contributed by atoms with Gasteiger partial charge < -0.3 is 30.4 Å². The lowest BCUT2D eigenvalue weighted by Crippen LogP contribution is -2.49. The average molecular weight is 470 g/mol. The van der Waals surface area contributed by atoms with Crippen molar-refractivity contribution in [2.75, 3.05) is 51.7 Å². The molecule has 9 heteroatoms. The Morgan fingerprint density at radius 2 is 2.07 bits per heavy atom. The zero-order chi connectivity index (χ0) is 20.4. The number of hydrogen-bond acceptors (Lipinski definition) is 7. The van der Waals surface area contributed by atoms with Crippen molar-refractivity contribution >= 4 is 27.5 Å². The van der Waals surface area contributed by atoms with Crippen LogP contribution in [0.15, 0.2) is 10.5 Å². The van der Waals surface area contributed by atoms with Crippen molar-refractivity contribution < 1.29 is 24.1 Å². The number of ether oxygens (including phenoxy) is 3.